The Morgan fingerprint density at radius 2 is 2.06 bits per heavy atom. The molecule has 100 valence electrons. The summed E-state index contributed by atoms with van der Waals surface area (Å²) in [4.78, 5) is 11.7. The molecule has 0 saturated carbocycles. The first-order chi connectivity index (χ1) is 8.56. The normalized spacial score (nSPS) is 10.4. The number of rotatable bonds is 6. The second-order valence-electron chi connectivity index (χ2n) is 3.69. The number of hydrogen-bond acceptors (Lipinski definition) is 4. The molecule has 0 amide bonds. The van der Waals surface area contributed by atoms with Gasteiger partial charge in [0, 0.05) is 18.2 Å². The van der Waals surface area contributed by atoms with E-state index in [1.807, 2.05) is 0 Å². The Hall–Kier alpha value is -1.14. The molecule has 0 radical (unpaired) electrons. The molecular formula is C12H15BrFNO3. The molecule has 0 aliphatic carbocycles. The van der Waals surface area contributed by atoms with Crippen LogP contribution >= 0.6 is 15.9 Å². The summed E-state index contributed by atoms with van der Waals surface area (Å²) >= 11 is 3.10. The molecule has 0 aromatic heterocycles. The van der Waals surface area contributed by atoms with Crippen LogP contribution in [-0.4, -0.2) is 26.3 Å². The molecule has 4 nitrogen and oxygen atoms in total. The van der Waals surface area contributed by atoms with Crippen LogP contribution in [0.1, 0.15) is 23.2 Å². The molecule has 2 N–H and O–H groups in total. The zero-order valence-corrected chi connectivity index (χ0v) is 11.6. The molecule has 0 aliphatic heterocycles. The highest BCUT2D eigenvalue weighted by Gasteiger charge is 2.14. The molecule has 1 aromatic rings. The van der Waals surface area contributed by atoms with Gasteiger partial charge in [0.25, 0.3) is 0 Å². The van der Waals surface area contributed by atoms with Gasteiger partial charge in [-0.05, 0) is 40.9 Å². The SMILES string of the molecule is COCCCCOC(=O)c1cc(N)c(F)cc1Br. The van der Waals surface area contributed by atoms with Gasteiger partial charge in [0.2, 0.25) is 0 Å². The Labute approximate surface area is 113 Å². The highest BCUT2D eigenvalue weighted by atomic mass is 79.9. The Balaban J connectivity index is 2.54. The highest BCUT2D eigenvalue weighted by molar-refractivity contribution is 9.10. The Morgan fingerprint density at radius 1 is 1.39 bits per heavy atom. The maximum absolute atomic E-state index is 13.1. The third kappa shape index (κ3) is 4.27. The fourth-order valence-electron chi connectivity index (χ4n) is 1.31. The van der Waals surface area contributed by atoms with Gasteiger partial charge in [0.05, 0.1) is 17.9 Å². The van der Waals surface area contributed by atoms with E-state index in [1.165, 1.54) is 6.07 Å². The van der Waals surface area contributed by atoms with Crippen molar-refractivity contribution in [1.82, 2.24) is 0 Å². The predicted octanol–water partition coefficient (Wildman–Crippen LogP) is 2.75. The molecule has 0 saturated heterocycles. The van der Waals surface area contributed by atoms with Gasteiger partial charge in [0.1, 0.15) is 5.82 Å². The Morgan fingerprint density at radius 3 is 2.72 bits per heavy atom. The maximum atomic E-state index is 13.1. The molecular weight excluding hydrogens is 305 g/mol. The second-order valence-corrected chi connectivity index (χ2v) is 4.54. The van der Waals surface area contributed by atoms with Crippen molar-refractivity contribution < 1.29 is 18.7 Å². The summed E-state index contributed by atoms with van der Waals surface area (Å²) in [7, 11) is 1.62. The van der Waals surface area contributed by atoms with Crippen molar-refractivity contribution in [2.75, 3.05) is 26.1 Å². The summed E-state index contributed by atoms with van der Waals surface area (Å²) in [6, 6.07) is 2.41. The molecule has 18 heavy (non-hydrogen) atoms. The fraction of sp³-hybridized carbons (Fsp3) is 0.417. The number of nitrogen functional groups attached to an aromatic ring is 1. The summed E-state index contributed by atoms with van der Waals surface area (Å²) in [5.74, 6) is -1.09. The number of hydrogen-bond donors (Lipinski definition) is 1. The van der Waals surface area contributed by atoms with Gasteiger partial charge >= 0.3 is 5.97 Å². The first kappa shape index (κ1) is 14.9. The molecule has 0 unspecified atom stereocenters. The maximum Gasteiger partial charge on any atom is 0.339 e. The van der Waals surface area contributed by atoms with Crippen molar-refractivity contribution in [3.8, 4) is 0 Å². The van der Waals surface area contributed by atoms with E-state index in [-0.39, 0.29) is 11.3 Å². The zero-order chi connectivity index (χ0) is 13.5. The van der Waals surface area contributed by atoms with Crippen molar-refractivity contribution in [2.45, 2.75) is 12.8 Å². The lowest BCUT2D eigenvalue weighted by atomic mass is 10.2. The molecule has 1 aromatic carbocycles. The average Bonchev–Trinajstić information content (AvgIpc) is 2.33. The van der Waals surface area contributed by atoms with Crippen LogP contribution in [0.3, 0.4) is 0 Å². The van der Waals surface area contributed by atoms with Gasteiger partial charge in [-0.25, -0.2) is 9.18 Å². The van der Waals surface area contributed by atoms with Gasteiger partial charge in [-0.3, -0.25) is 0 Å². The first-order valence-corrected chi connectivity index (χ1v) is 6.26. The lowest BCUT2D eigenvalue weighted by Crippen LogP contribution is -2.09. The van der Waals surface area contributed by atoms with Crippen LogP contribution in [0, 0.1) is 5.82 Å². The minimum atomic E-state index is -0.571. The standard InChI is InChI=1S/C12H15BrFNO3/c1-17-4-2-3-5-18-12(16)8-6-11(15)10(14)7-9(8)13/h6-7H,2-5,15H2,1H3. The number of nitrogens with two attached hydrogens (primary N) is 1. The number of unbranched alkanes of at least 4 members (excludes halogenated alkanes) is 1. The number of benzene rings is 1. The van der Waals surface area contributed by atoms with E-state index in [1.54, 1.807) is 7.11 Å². The molecule has 0 heterocycles. The fourth-order valence-corrected chi connectivity index (χ4v) is 1.79. The molecule has 1 rings (SSSR count). The minimum absolute atomic E-state index is 0.0791. The van der Waals surface area contributed by atoms with Gasteiger partial charge in [-0.2, -0.15) is 0 Å². The number of carbonyl (C=O) groups excluding carboxylic acids is 1. The zero-order valence-electron chi connectivity index (χ0n) is 10.0. The third-order valence-electron chi connectivity index (χ3n) is 2.28. The third-order valence-corrected chi connectivity index (χ3v) is 2.94. The molecule has 0 atom stereocenters. The van der Waals surface area contributed by atoms with Crippen LogP contribution in [0.5, 0.6) is 0 Å². The quantitative estimate of drug-likeness (QED) is 0.497. The van der Waals surface area contributed by atoms with Crippen LogP contribution in [0.15, 0.2) is 16.6 Å². The van der Waals surface area contributed by atoms with Gasteiger partial charge in [0.15, 0.2) is 0 Å². The lowest BCUT2D eigenvalue weighted by Gasteiger charge is -2.07. The predicted molar refractivity (Wildman–Crippen MR) is 69.9 cm³/mol. The number of halogens is 2. The molecule has 0 spiro atoms. The smallest absolute Gasteiger partial charge is 0.339 e. The largest absolute Gasteiger partial charge is 0.462 e. The monoisotopic (exact) mass is 319 g/mol. The van der Waals surface area contributed by atoms with E-state index in [0.717, 1.165) is 12.5 Å². The van der Waals surface area contributed by atoms with Crippen LogP contribution in [-0.2, 0) is 9.47 Å². The second kappa shape index (κ2) is 7.33. The van der Waals surface area contributed by atoms with Crippen LogP contribution in [0.2, 0.25) is 0 Å². The Bertz CT molecular complexity index is 426. The molecule has 6 heteroatoms. The average molecular weight is 320 g/mol. The van der Waals surface area contributed by atoms with Crippen molar-refractivity contribution in [1.29, 1.82) is 0 Å². The van der Waals surface area contributed by atoms with Gasteiger partial charge < -0.3 is 15.2 Å². The van der Waals surface area contributed by atoms with Crippen LogP contribution < -0.4 is 5.73 Å². The topological polar surface area (TPSA) is 61.5 Å². The summed E-state index contributed by atoms with van der Waals surface area (Å²) in [5.41, 5.74) is 5.55. The number of anilines is 1. The summed E-state index contributed by atoms with van der Waals surface area (Å²) in [5, 5.41) is 0. The Kier molecular flexibility index (Phi) is 6.07. The van der Waals surface area contributed by atoms with E-state index >= 15 is 0 Å². The van der Waals surface area contributed by atoms with E-state index in [4.69, 9.17) is 15.2 Å². The number of carbonyl (C=O) groups is 1. The van der Waals surface area contributed by atoms with E-state index in [9.17, 15) is 9.18 Å². The van der Waals surface area contributed by atoms with Crippen molar-refractivity contribution in [2.24, 2.45) is 0 Å². The number of methoxy groups -OCH3 is 1. The first-order valence-electron chi connectivity index (χ1n) is 5.47. The number of ether oxygens (including phenoxy) is 2. The van der Waals surface area contributed by atoms with Gasteiger partial charge in [-0.15, -0.1) is 0 Å². The van der Waals surface area contributed by atoms with Crippen molar-refractivity contribution >= 4 is 27.6 Å². The van der Waals surface area contributed by atoms with Crippen molar-refractivity contribution in [3.05, 3.63) is 28.0 Å². The summed E-state index contributed by atoms with van der Waals surface area (Å²) in [6.07, 6.45) is 1.53. The summed E-state index contributed by atoms with van der Waals surface area (Å²) < 4.78 is 23.3. The molecule has 0 aliphatic rings. The van der Waals surface area contributed by atoms with Crippen LogP contribution in [0.25, 0.3) is 0 Å². The summed E-state index contributed by atoms with van der Waals surface area (Å²) in [6.45, 7) is 0.927. The van der Waals surface area contributed by atoms with E-state index in [0.29, 0.717) is 24.1 Å². The van der Waals surface area contributed by atoms with Crippen molar-refractivity contribution in [3.63, 3.8) is 0 Å². The molecule has 0 bridgehead atoms. The van der Waals surface area contributed by atoms with Crippen LogP contribution in [0.4, 0.5) is 10.1 Å². The number of esters is 1. The lowest BCUT2D eigenvalue weighted by molar-refractivity contribution is 0.0488. The minimum Gasteiger partial charge on any atom is -0.462 e. The van der Waals surface area contributed by atoms with E-state index in [2.05, 4.69) is 15.9 Å². The van der Waals surface area contributed by atoms with E-state index < -0.39 is 11.8 Å². The molecule has 0 fully saturated rings. The van der Waals surface area contributed by atoms with Gasteiger partial charge in [-0.1, -0.05) is 0 Å². The highest BCUT2D eigenvalue weighted by Crippen LogP contribution is 2.23.